The highest BCUT2D eigenvalue weighted by molar-refractivity contribution is 8.18. The molecule has 2 aromatic heterocycles. The second-order valence-corrected chi connectivity index (χ2v) is 7.79. The number of pyridine rings is 1. The Morgan fingerprint density at radius 3 is 2.76 bits per heavy atom. The Labute approximate surface area is 178 Å². The number of furan rings is 1. The molecule has 1 fully saturated rings. The van der Waals surface area contributed by atoms with Crippen LogP contribution in [-0.2, 0) is 4.79 Å². The van der Waals surface area contributed by atoms with Crippen LogP contribution in [0.5, 0.6) is 0 Å². The number of benzene rings is 1. The van der Waals surface area contributed by atoms with Crippen LogP contribution in [0.4, 0.5) is 5.82 Å². The van der Waals surface area contributed by atoms with Crippen molar-refractivity contribution >= 4 is 46.3 Å². The fourth-order valence-corrected chi connectivity index (χ4v) is 4.18. The van der Waals surface area contributed by atoms with Crippen LogP contribution in [0.2, 0.25) is 5.02 Å². The third-order valence-electron chi connectivity index (χ3n) is 4.33. The van der Waals surface area contributed by atoms with Crippen LogP contribution in [0.3, 0.4) is 0 Å². The van der Waals surface area contributed by atoms with Crippen molar-refractivity contribution in [2.45, 2.75) is 13.8 Å². The number of carbonyl (C=O) groups is 1. The van der Waals surface area contributed by atoms with Gasteiger partial charge in [0.15, 0.2) is 11.0 Å². The van der Waals surface area contributed by atoms with Gasteiger partial charge in [-0.3, -0.25) is 9.69 Å². The molecule has 0 bridgehead atoms. The molecular formula is C22H18ClN3O2S. The minimum absolute atomic E-state index is 0.0976. The van der Waals surface area contributed by atoms with Crippen molar-refractivity contribution < 1.29 is 9.21 Å². The third kappa shape index (κ3) is 4.13. The summed E-state index contributed by atoms with van der Waals surface area (Å²) in [6, 6.07) is 16.8. The van der Waals surface area contributed by atoms with Crippen molar-refractivity contribution in [2.24, 2.45) is 4.99 Å². The lowest BCUT2D eigenvalue weighted by Crippen LogP contribution is -2.28. The van der Waals surface area contributed by atoms with Gasteiger partial charge in [-0.15, -0.1) is 0 Å². The second-order valence-electron chi connectivity index (χ2n) is 6.37. The van der Waals surface area contributed by atoms with E-state index >= 15 is 0 Å². The van der Waals surface area contributed by atoms with Crippen molar-refractivity contribution in [1.82, 2.24) is 9.88 Å². The summed E-state index contributed by atoms with van der Waals surface area (Å²) in [5.41, 5.74) is 1.69. The van der Waals surface area contributed by atoms with Crippen molar-refractivity contribution in [3.05, 3.63) is 76.0 Å². The van der Waals surface area contributed by atoms with Crippen molar-refractivity contribution in [3.8, 4) is 11.3 Å². The highest BCUT2D eigenvalue weighted by atomic mass is 35.5. The van der Waals surface area contributed by atoms with Gasteiger partial charge < -0.3 is 4.42 Å². The van der Waals surface area contributed by atoms with E-state index in [0.717, 1.165) is 11.3 Å². The van der Waals surface area contributed by atoms with Gasteiger partial charge >= 0.3 is 0 Å². The molecule has 3 heterocycles. The molecule has 1 aromatic carbocycles. The van der Waals surface area contributed by atoms with E-state index in [9.17, 15) is 4.79 Å². The standard InChI is InChI=1S/C22H18ClN3O2S/c1-3-26-21(27)19(29-22(26)25-20-10-6-7-14(2)24-20)13-15-11-12-18(28-15)16-8-4-5-9-17(16)23/h4-13H,3H2,1-2H3/b19-13+,25-22+. The molecule has 0 N–H and O–H groups in total. The van der Waals surface area contributed by atoms with Gasteiger partial charge in [0.05, 0.1) is 9.93 Å². The van der Waals surface area contributed by atoms with Gasteiger partial charge in [-0.2, -0.15) is 0 Å². The molecule has 0 saturated carbocycles. The molecule has 0 atom stereocenters. The van der Waals surface area contributed by atoms with Gasteiger partial charge in [-0.1, -0.05) is 29.8 Å². The molecule has 3 aromatic rings. The third-order valence-corrected chi connectivity index (χ3v) is 5.66. The summed E-state index contributed by atoms with van der Waals surface area (Å²) < 4.78 is 5.90. The summed E-state index contributed by atoms with van der Waals surface area (Å²) in [6.07, 6.45) is 1.74. The molecule has 146 valence electrons. The van der Waals surface area contributed by atoms with Crippen LogP contribution in [0.1, 0.15) is 18.4 Å². The first kappa shape index (κ1) is 19.5. The first-order chi connectivity index (χ1) is 14.0. The molecular weight excluding hydrogens is 406 g/mol. The fraction of sp³-hybridized carbons (Fsp3) is 0.136. The second kappa shape index (κ2) is 8.27. The highest BCUT2D eigenvalue weighted by Crippen LogP contribution is 2.35. The average molecular weight is 424 g/mol. The Morgan fingerprint density at radius 1 is 1.17 bits per heavy atom. The van der Waals surface area contributed by atoms with Crippen LogP contribution in [0.25, 0.3) is 17.4 Å². The molecule has 4 rings (SSSR count). The molecule has 29 heavy (non-hydrogen) atoms. The van der Waals surface area contributed by atoms with E-state index in [-0.39, 0.29) is 5.91 Å². The normalized spacial score (nSPS) is 16.9. The van der Waals surface area contributed by atoms with Crippen LogP contribution in [0, 0.1) is 6.92 Å². The zero-order valence-electron chi connectivity index (χ0n) is 15.9. The number of nitrogens with zero attached hydrogens (tertiary/aromatic N) is 3. The van der Waals surface area contributed by atoms with Gasteiger partial charge in [0.1, 0.15) is 11.5 Å². The lowest BCUT2D eigenvalue weighted by Gasteiger charge is -2.11. The quantitative estimate of drug-likeness (QED) is 0.488. The summed E-state index contributed by atoms with van der Waals surface area (Å²) >= 11 is 7.56. The zero-order valence-corrected chi connectivity index (χ0v) is 17.5. The summed E-state index contributed by atoms with van der Waals surface area (Å²) in [5.74, 6) is 1.73. The number of thioether (sulfide) groups is 1. The summed E-state index contributed by atoms with van der Waals surface area (Å²) in [7, 11) is 0. The lowest BCUT2D eigenvalue weighted by atomic mass is 10.2. The number of halogens is 1. The Balaban J connectivity index is 1.63. The Hall–Kier alpha value is -2.83. The van der Waals surface area contributed by atoms with Crippen molar-refractivity contribution in [2.75, 3.05) is 6.54 Å². The van der Waals surface area contributed by atoms with Crippen molar-refractivity contribution in [3.63, 3.8) is 0 Å². The van der Waals surface area contributed by atoms with Gasteiger partial charge in [0.2, 0.25) is 0 Å². The number of carbonyl (C=O) groups excluding carboxylic acids is 1. The Morgan fingerprint density at radius 2 is 2.00 bits per heavy atom. The first-order valence-corrected chi connectivity index (χ1v) is 10.3. The minimum atomic E-state index is -0.0976. The monoisotopic (exact) mass is 423 g/mol. The van der Waals surface area contributed by atoms with Gasteiger partial charge in [0.25, 0.3) is 5.91 Å². The highest BCUT2D eigenvalue weighted by Gasteiger charge is 2.32. The molecule has 7 heteroatoms. The number of amidine groups is 1. The van der Waals surface area contributed by atoms with Crippen LogP contribution in [-0.4, -0.2) is 27.5 Å². The molecule has 1 amide bonds. The number of likely N-dealkylation sites (N-methyl/N-ethyl adjacent to an activating group) is 1. The number of aliphatic imine (C=N–C) groups is 1. The van der Waals surface area contributed by atoms with Crippen LogP contribution < -0.4 is 0 Å². The number of rotatable bonds is 4. The minimum Gasteiger partial charge on any atom is -0.457 e. The van der Waals surface area contributed by atoms with E-state index in [4.69, 9.17) is 16.0 Å². The largest absolute Gasteiger partial charge is 0.457 e. The Kier molecular flexibility index (Phi) is 5.56. The predicted octanol–water partition coefficient (Wildman–Crippen LogP) is 5.93. The molecule has 0 spiro atoms. The lowest BCUT2D eigenvalue weighted by molar-refractivity contribution is -0.122. The van der Waals surface area contributed by atoms with Gasteiger partial charge in [-0.05, 0) is 62.0 Å². The number of hydrogen-bond donors (Lipinski definition) is 0. The molecule has 0 unspecified atom stereocenters. The molecule has 1 aliphatic rings. The summed E-state index contributed by atoms with van der Waals surface area (Å²) in [4.78, 5) is 24.0. The SMILES string of the molecule is CCN1C(=O)/C(=C\c2ccc(-c3ccccc3Cl)o2)S/C1=N/c1cccc(C)n1. The van der Waals surface area contributed by atoms with E-state index in [1.54, 1.807) is 11.0 Å². The molecule has 5 nitrogen and oxygen atoms in total. The maximum atomic E-state index is 12.8. The molecule has 0 aliphatic carbocycles. The number of hydrogen-bond acceptors (Lipinski definition) is 5. The predicted molar refractivity (Wildman–Crippen MR) is 118 cm³/mol. The molecule has 0 radical (unpaired) electrons. The molecule has 1 aliphatic heterocycles. The first-order valence-electron chi connectivity index (χ1n) is 9.13. The summed E-state index contributed by atoms with van der Waals surface area (Å²) in [6.45, 7) is 4.35. The summed E-state index contributed by atoms with van der Waals surface area (Å²) in [5, 5.41) is 1.23. The molecule has 1 saturated heterocycles. The Bertz CT molecular complexity index is 1140. The van der Waals surface area contributed by atoms with E-state index in [0.29, 0.717) is 39.0 Å². The van der Waals surface area contributed by atoms with E-state index in [1.165, 1.54) is 11.8 Å². The number of aromatic nitrogens is 1. The topological polar surface area (TPSA) is 58.7 Å². The van der Waals surface area contributed by atoms with E-state index in [2.05, 4.69) is 9.98 Å². The number of amides is 1. The average Bonchev–Trinajstić information content (AvgIpc) is 3.27. The van der Waals surface area contributed by atoms with E-state index < -0.39 is 0 Å². The maximum Gasteiger partial charge on any atom is 0.266 e. The van der Waals surface area contributed by atoms with Crippen LogP contribution in [0.15, 0.2) is 68.9 Å². The smallest absolute Gasteiger partial charge is 0.266 e. The number of aryl methyl sites for hydroxylation is 1. The van der Waals surface area contributed by atoms with Crippen molar-refractivity contribution in [1.29, 1.82) is 0 Å². The van der Waals surface area contributed by atoms with E-state index in [1.807, 2.05) is 68.4 Å². The van der Waals surface area contributed by atoms with Gasteiger partial charge in [-0.25, -0.2) is 9.98 Å². The fourth-order valence-electron chi connectivity index (χ4n) is 2.92. The van der Waals surface area contributed by atoms with Gasteiger partial charge in [0, 0.05) is 23.9 Å². The maximum absolute atomic E-state index is 12.8. The zero-order chi connectivity index (χ0) is 20.4. The van der Waals surface area contributed by atoms with Crippen LogP contribution >= 0.6 is 23.4 Å².